The van der Waals surface area contributed by atoms with E-state index in [-0.39, 0.29) is 17.9 Å². The van der Waals surface area contributed by atoms with Crippen molar-refractivity contribution in [1.82, 2.24) is 15.0 Å². The average molecular weight is 354 g/mol. The van der Waals surface area contributed by atoms with E-state index in [0.29, 0.717) is 28.6 Å². The number of hydrogen-bond donors (Lipinski definition) is 2. The smallest absolute Gasteiger partial charge is 0.254 e. The third kappa shape index (κ3) is 4.19. The molecular weight excluding hydrogens is 336 g/mol. The van der Waals surface area contributed by atoms with E-state index in [1.54, 1.807) is 13.8 Å². The monoisotopic (exact) mass is 354 g/mol. The summed E-state index contributed by atoms with van der Waals surface area (Å²) in [5.41, 5.74) is 2.86. The quantitative estimate of drug-likeness (QED) is 0.737. The Morgan fingerprint density at radius 2 is 1.96 bits per heavy atom. The minimum Gasteiger partial charge on any atom is -0.311 e. The van der Waals surface area contributed by atoms with Gasteiger partial charge in [-0.15, -0.1) is 11.3 Å². The van der Waals surface area contributed by atoms with Crippen molar-refractivity contribution in [2.45, 2.75) is 26.7 Å². The fourth-order valence-corrected chi connectivity index (χ4v) is 3.27. The maximum atomic E-state index is 12.1. The summed E-state index contributed by atoms with van der Waals surface area (Å²) < 4.78 is 0. The van der Waals surface area contributed by atoms with Crippen LogP contribution in [0.4, 0.5) is 5.13 Å². The summed E-state index contributed by atoms with van der Waals surface area (Å²) in [6.07, 6.45) is 0.548. The van der Waals surface area contributed by atoms with Gasteiger partial charge in [0, 0.05) is 28.6 Å². The fourth-order valence-electron chi connectivity index (χ4n) is 2.54. The molecule has 3 rings (SSSR count). The second-order valence-corrected chi connectivity index (χ2v) is 6.53. The van der Waals surface area contributed by atoms with Crippen LogP contribution in [0.2, 0.25) is 0 Å². The van der Waals surface area contributed by atoms with Crippen molar-refractivity contribution in [3.63, 3.8) is 0 Å². The summed E-state index contributed by atoms with van der Waals surface area (Å²) in [7, 11) is 0. The van der Waals surface area contributed by atoms with Crippen LogP contribution in [0, 0.1) is 13.8 Å². The largest absolute Gasteiger partial charge is 0.311 e. The number of amides is 1. The molecule has 6 nitrogen and oxygen atoms in total. The number of anilines is 1. The molecule has 0 aliphatic rings. The van der Waals surface area contributed by atoms with Gasteiger partial charge in [0.1, 0.15) is 5.82 Å². The van der Waals surface area contributed by atoms with Gasteiger partial charge in [-0.05, 0) is 20.3 Å². The Hall–Kier alpha value is -2.80. The van der Waals surface area contributed by atoms with Crippen molar-refractivity contribution in [2.24, 2.45) is 0 Å². The molecule has 0 radical (unpaired) electrons. The number of H-pyrrole nitrogens is 1. The topological polar surface area (TPSA) is 87.7 Å². The summed E-state index contributed by atoms with van der Waals surface area (Å²) in [6.45, 7) is 3.51. The highest BCUT2D eigenvalue weighted by molar-refractivity contribution is 7.14. The zero-order valence-corrected chi connectivity index (χ0v) is 14.8. The lowest BCUT2D eigenvalue weighted by Gasteiger charge is -2.05. The maximum absolute atomic E-state index is 12.1. The van der Waals surface area contributed by atoms with Crippen LogP contribution in [0.25, 0.3) is 11.3 Å². The first kappa shape index (κ1) is 17.0. The number of thiazole rings is 1. The molecular formula is C18H18N4O2S. The van der Waals surface area contributed by atoms with Crippen molar-refractivity contribution < 1.29 is 4.79 Å². The molecule has 0 saturated carbocycles. The van der Waals surface area contributed by atoms with E-state index in [1.165, 1.54) is 11.3 Å². The number of benzene rings is 1. The first-order chi connectivity index (χ1) is 12.0. The van der Waals surface area contributed by atoms with Crippen molar-refractivity contribution in [2.75, 3.05) is 5.32 Å². The Morgan fingerprint density at radius 3 is 2.68 bits per heavy atom. The van der Waals surface area contributed by atoms with E-state index in [1.807, 2.05) is 35.7 Å². The van der Waals surface area contributed by atoms with Crippen molar-refractivity contribution in [1.29, 1.82) is 0 Å². The van der Waals surface area contributed by atoms with Crippen LogP contribution < -0.4 is 10.9 Å². The molecule has 0 atom stereocenters. The van der Waals surface area contributed by atoms with E-state index >= 15 is 0 Å². The summed E-state index contributed by atoms with van der Waals surface area (Å²) in [4.78, 5) is 35.4. The van der Waals surface area contributed by atoms with Crippen LogP contribution in [0.5, 0.6) is 0 Å². The number of carbonyl (C=O) groups is 1. The normalized spacial score (nSPS) is 10.6. The second-order valence-electron chi connectivity index (χ2n) is 5.67. The molecule has 0 saturated heterocycles. The van der Waals surface area contributed by atoms with Crippen LogP contribution in [0.3, 0.4) is 0 Å². The molecule has 3 aromatic rings. The van der Waals surface area contributed by atoms with Crippen molar-refractivity contribution in [3.8, 4) is 11.3 Å². The van der Waals surface area contributed by atoms with Gasteiger partial charge in [-0.1, -0.05) is 30.3 Å². The summed E-state index contributed by atoms with van der Waals surface area (Å²) in [6, 6.07) is 9.78. The lowest BCUT2D eigenvalue weighted by atomic mass is 10.1. The molecule has 7 heteroatoms. The molecule has 0 spiro atoms. The highest BCUT2D eigenvalue weighted by atomic mass is 32.1. The third-order valence-electron chi connectivity index (χ3n) is 3.76. The lowest BCUT2D eigenvalue weighted by molar-refractivity contribution is -0.116. The minimum atomic E-state index is -0.182. The Balaban J connectivity index is 1.62. The van der Waals surface area contributed by atoms with Crippen LogP contribution in [-0.2, 0) is 11.2 Å². The molecule has 0 unspecified atom stereocenters. The van der Waals surface area contributed by atoms with Crippen LogP contribution in [-0.4, -0.2) is 20.9 Å². The van der Waals surface area contributed by atoms with Gasteiger partial charge in [0.25, 0.3) is 5.56 Å². The average Bonchev–Trinajstić information content (AvgIpc) is 3.03. The molecule has 25 heavy (non-hydrogen) atoms. The number of aryl methyl sites for hydroxylation is 2. The van der Waals surface area contributed by atoms with E-state index in [4.69, 9.17) is 0 Å². The molecule has 2 aromatic heterocycles. The van der Waals surface area contributed by atoms with Gasteiger partial charge in [0.05, 0.1) is 5.69 Å². The predicted molar refractivity (Wildman–Crippen MR) is 98.8 cm³/mol. The number of aromatic amines is 1. The Bertz CT molecular complexity index is 947. The first-order valence-corrected chi connectivity index (χ1v) is 8.78. The zero-order valence-electron chi connectivity index (χ0n) is 14.0. The molecule has 0 aliphatic carbocycles. The van der Waals surface area contributed by atoms with Gasteiger partial charge in [0.2, 0.25) is 5.91 Å². The molecule has 0 aliphatic heterocycles. The number of rotatable bonds is 5. The van der Waals surface area contributed by atoms with E-state index in [0.717, 1.165) is 11.3 Å². The molecule has 1 amide bonds. The van der Waals surface area contributed by atoms with Crippen LogP contribution in [0.1, 0.15) is 23.5 Å². The summed E-state index contributed by atoms with van der Waals surface area (Å²) >= 11 is 1.38. The van der Waals surface area contributed by atoms with Gasteiger partial charge < -0.3 is 10.3 Å². The lowest BCUT2D eigenvalue weighted by Crippen LogP contribution is -2.20. The molecule has 0 bridgehead atoms. The number of aromatic nitrogens is 3. The Morgan fingerprint density at radius 1 is 1.20 bits per heavy atom. The molecule has 2 N–H and O–H groups in total. The van der Waals surface area contributed by atoms with Gasteiger partial charge in [0.15, 0.2) is 5.13 Å². The maximum Gasteiger partial charge on any atom is 0.254 e. The highest BCUT2D eigenvalue weighted by Gasteiger charge is 2.11. The number of hydrogen-bond acceptors (Lipinski definition) is 5. The van der Waals surface area contributed by atoms with E-state index in [2.05, 4.69) is 20.3 Å². The van der Waals surface area contributed by atoms with Crippen LogP contribution in [0.15, 0.2) is 40.5 Å². The zero-order chi connectivity index (χ0) is 17.8. The van der Waals surface area contributed by atoms with Gasteiger partial charge in [-0.25, -0.2) is 9.97 Å². The van der Waals surface area contributed by atoms with Gasteiger partial charge in [-0.2, -0.15) is 0 Å². The van der Waals surface area contributed by atoms with Gasteiger partial charge >= 0.3 is 0 Å². The first-order valence-electron chi connectivity index (χ1n) is 7.90. The van der Waals surface area contributed by atoms with Gasteiger partial charge in [-0.3, -0.25) is 9.59 Å². The highest BCUT2D eigenvalue weighted by Crippen LogP contribution is 2.24. The second kappa shape index (κ2) is 7.40. The molecule has 2 heterocycles. The predicted octanol–water partition coefficient (Wildman–Crippen LogP) is 3.08. The van der Waals surface area contributed by atoms with E-state index < -0.39 is 0 Å². The SMILES string of the molecule is Cc1nc(C)c(CCC(=O)Nc2nc(-c3ccccc3)cs2)c(=O)[nH]1. The van der Waals surface area contributed by atoms with E-state index in [9.17, 15) is 9.59 Å². The minimum absolute atomic E-state index is 0.173. The van der Waals surface area contributed by atoms with Crippen molar-refractivity contribution in [3.05, 3.63) is 63.1 Å². The summed E-state index contributed by atoms with van der Waals surface area (Å²) in [5.74, 6) is 0.403. The Labute approximate surface area is 149 Å². The van der Waals surface area contributed by atoms with Crippen molar-refractivity contribution >= 4 is 22.4 Å². The Kier molecular flexibility index (Phi) is 5.04. The molecule has 1 aromatic carbocycles. The molecule has 0 fully saturated rings. The third-order valence-corrected chi connectivity index (χ3v) is 4.52. The number of nitrogens with one attached hydrogen (secondary N) is 2. The number of carbonyl (C=O) groups excluding carboxylic acids is 1. The number of nitrogens with zero attached hydrogens (tertiary/aromatic N) is 2. The fraction of sp³-hybridized carbons (Fsp3) is 0.222. The standard InChI is InChI=1S/C18H18N4O2S/c1-11-14(17(24)20-12(2)19-11)8-9-16(23)22-18-21-15(10-25-18)13-6-4-3-5-7-13/h3-7,10H,8-9H2,1-2H3,(H,19,20,24)(H,21,22,23). The van der Waals surface area contributed by atoms with Crippen LogP contribution >= 0.6 is 11.3 Å². The summed E-state index contributed by atoms with van der Waals surface area (Å²) in [5, 5.41) is 5.25. The molecule has 128 valence electrons.